The van der Waals surface area contributed by atoms with E-state index in [4.69, 9.17) is 10.00 Å². The Bertz CT molecular complexity index is 893. The highest BCUT2D eigenvalue weighted by molar-refractivity contribution is 7.89. The van der Waals surface area contributed by atoms with Gasteiger partial charge in [-0.25, -0.2) is 8.42 Å². The van der Waals surface area contributed by atoms with Crippen LogP contribution >= 0.6 is 0 Å². The van der Waals surface area contributed by atoms with Crippen molar-refractivity contribution in [1.82, 2.24) is 4.31 Å². The summed E-state index contributed by atoms with van der Waals surface area (Å²) in [5.41, 5.74) is 1.38. The van der Waals surface area contributed by atoms with E-state index in [1.54, 1.807) is 12.1 Å². The van der Waals surface area contributed by atoms with Crippen LogP contribution in [0.15, 0.2) is 53.4 Å². The van der Waals surface area contributed by atoms with Crippen molar-refractivity contribution in [3.63, 3.8) is 0 Å². The first kappa shape index (κ1) is 18.4. The third-order valence-electron chi connectivity index (χ3n) is 4.71. The number of aryl methyl sites for hydroxylation is 1. The normalized spacial score (nSPS) is 16.2. The second kappa shape index (κ2) is 7.90. The molecule has 1 aliphatic heterocycles. The first-order valence-electron chi connectivity index (χ1n) is 8.69. The summed E-state index contributed by atoms with van der Waals surface area (Å²) in [6.07, 6.45) is 1.50. The van der Waals surface area contributed by atoms with E-state index in [-0.39, 0.29) is 10.5 Å². The van der Waals surface area contributed by atoms with Crippen LogP contribution in [0.4, 0.5) is 0 Å². The number of piperidine rings is 1. The molecule has 0 N–H and O–H groups in total. The number of benzene rings is 2. The van der Waals surface area contributed by atoms with Gasteiger partial charge in [-0.1, -0.05) is 29.8 Å². The monoisotopic (exact) mass is 370 g/mol. The number of rotatable bonds is 5. The minimum absolute atomic E-state index is 0.0943. The number of ether oxygens (including phenoxy) is 1. The third kappa shape index (κ3) is 4.06. The summed E-state index contributed by atoms with van der Waals surface area (Å²) in [5, 5.41) is 9.17. The van der Waals surface area contributed by atoms with Crippen LogP contribution in [0.5, 0.6) is 5.75 Å². The molecule has 0 spiro atoms. The minimum Gasteiger partial charge on any atom is -0.493 e. The molecule has 0 bridgehead atoms. The molecule has 0 amide bonds. The smallest absolute Gasteiger partial charge is 0.244 e. The number of nitriles is 1. The van der Waals surface area contributed by atoms with E-state index < -0.39 is 10.0 Å². The number of hydrogen-bond donors (Lipinski definition) is 0. The van der Waals surface area contributed by atoms with Gasteiger partial charge in [0.05, 0.1) is 17.1 Å². The molecule has 3 rings (SSSR count). The lowest BCUT2D eigenvalue weighted by atomic mass is 9.99. The molecule has 0 radical (unpaired) electrons. The van der Waals surface area contributed by atoms with Crippen molar-refractivity contribution < 1.29 is 13.2 Å². The van der Waals surface area contributed by atoms with E-state index in [2.05, 4.69) is 0 Å². The molecule has 1 fully saturated rings. The zero-order chi connectivity index (χ0) is 18.6. The lowest BCUT2D eigenvalue weighted by molar-refractivity contribution is 0.185. The maximum Gasteiger partial charge on any atom is 0.244 e. The van der Waals surface area contributed by atoms with Crippen LogP contribution in [-0.4, -0.2) is 32.4 Å². The maximum absolute atomic E-state index is 12.8. The lowest BCUT2D eigenvalue weighted by Gasteiger charge is -2.31. The van der Waals surface area contributed by atoms with E-state index in [1.807, 2.05) is 37.3 Å². The summed E-state index contributed by atoms with van der Waals surface area (Å²) in [6.45, 7) is 3.52. The van der Waals surface area contributed by atoms with Gasteiger partial charge in [-0.3, -0.25) is 0 Å². The summed E-state index contributed by atoms with van der Waals surface area (Å²) < 4.78 is 33.0. The van der Waals surface area contributed by atoms with Crippen molar-refractivity contribution in [2.45, 2.75) is 24.7 Å². The van der Waals surface area contributed by atoms with Gasteiger partial charge in [0.25, 0.3) is 0 Å². The van der Waals surface area contributed by atoms with Crippen LogP contribution in [0.3, 0.4) is 0 Å². The molecule has 0 unspecified atom stereocenters. The van der Waals surface area contributed by atoms with Gasteiger partial charge >= 0.3 is 0 Å². The molecule has 26 heavy (non-hydrogen) atoms. The number of hydrogen-bond acceptors (Lipinski definition) is 4. The van der Waals surface area contributed by atoms with Gasteiger partial charge < -0.3 is 4.74 Å². The van der Waals surface area contributed by atoms with Gasteiger partial charge in [0.15, 0.2) is 0 Å². The molecule has 1 saturated heterocycles. The van der Waals surface area contributed by atoms with Crippen LogP contribution in [0.25, 0.3) is 0 Å². The number of nitrogens with zero attached hydrogens (tertiary/aromatic N) is 2. The SMILES string of the molecule is Cc1ccc(OCC2CCN(S(=O)(=O)c3ccccc3C#N)CC2)cc1. The molecule has 6 heteroatoms. The van der Waals surface area contributed by atoms with Gasteiger partial charge in [-0.2, -0.15) is 9.57 Å². The van der Waals surface area contributed by atoms with Crippen molar-refractivity contribution in [2.24, 2.45) is 5.92 Å². The average Bonchev–Trinajstić information content (AvgIpc) is 2.68. The van der Waals surface area contributed by atoms with Gasteiger partial charge in [-0.15, -0.1) is 0 Å². The van der Waals surface area contributed by atoms with Gasteiger partial charge in [-0.05, 0) is 49.9 Å². The van der Waals surface area contributed by atoms with Crippen molar-refractivity contribution in [3.05, 3.63) is 59.7 Å². The Labute approximate surface area is 154 Å². The van der Waals surface area contributed by atoms with Gasteiger partial charge in [0, 0.05) is 13.1 Å². The predicted molar refractivity (Wildman–Crippen MR) is 99.3 cm³/mol. The Kier molecular flexibility index (Phi) is 5.60. The summed E-state index contributed by atoms with van der Waals surface area (Å²) in [4.78, 5) is 0.0943. The number of sulfonamides is 1. The fraction of sp³-hybridized carbons (Fsp3) is 0.350. The molecular formula is C20H22N2O3S. The molecule has 2 aromatic rings. The molecule has 136 valence electrons. The summed E-state index contributed by atoms with van der Waals surface area (Å²) in [7, 11) is -3.63. The van der Waals surface area contributed by atoms with E-state index >= 15 is 0 Å². The zero-order valence-corrected chi connectivity index (χ0v) is 15.6. The highest BCUT2D eigenvalue weighted by Gasteiger charge is 2.31. The molecule has 2 aromatic carbocycles. The largest absolute Gasteiger partial charge is 0.493 e. The van der Waals surface area contributed by atoms with Crippen molar-refractivity contribution >= 4 is 10.0 Å². The molecule has 5 nitrogen and oxygen atoms in total. The van der Waals surface area contributed by atoms with Crippen LogP contribution < -0.4 is 4.74 Å². The van der Waals surface area contributed by atoms with Crippen LogP contribution in [-0.2, 0) is 10.0 Å². The van der Waals surface area contributed by atoms with Crippen LogP contribution in [0, 0.1) is 24.2 Å². The van der Waals surface area contributed by atoms with E-state index in [0.717, 1.165) is 18.6 Å². The minimum atomic E-state index is -3.63. The van der Waals surface area contributed by atoms with E-state index in [0.29, 0.717) is 25.6 Å². The topological polar surface area (TPSA) is 70.4 Å². The average molecular weight is 370 g/mol. The Morgan fingerprint density at radius 3 is 2.42 bits per heavy atom. The molecule has 1 aliphatic rings. The Morgan fingerprint density at radius 1 is 1.12 bits per heavy atom. The third-order valence-corrected chi connectivity index (χ3v) is 6.66. The highest BCUT2D eigenvalue weighted by atomic mass is 32.2. The van der Waals surface area contributed by atoms with E-state index in [9.17, 15) is 8.42 Å². The van der Waals surface area contributed by atoms with Crippen molar-refractivity contribution in [1.29, 1.82) is 5.26 Å². The molecule has 0 atom stereocenters. The molecular weight excluding hydrogens is 348 g/mol. The predicted octanol–water partition coefficient (Wildman–Crippen LogP) is 3.35. The van der Waals surface area contributed by atoms with Crippen molar-refractivity contribution in [3.8, 4) is 11.8 Å². The Hall–Kier alpha value is -2.36. The quantitative estimate of drug-likeness (QED) is 0.809. The Morgan fingerprint density at radius 2 is 1.77 bits per heavy atom. The molecule has 0 saturated carbocycles. The first-order chi connectivity index (χ1) is 12.5. The van der Waals surface area contributed by atoms with Gasteiger partial charge in [0.2, 0.25) is 10.0 Å². The van der Waals surface area contributed by atoms with Crippen LogP contribution in [0.1, 0.15) is 24.0 Å². The maximum atomic E-state index is 12.8. The van der Waals surface area contributed by atoms with Crippen molar-refractivity contribution in [2.75, 3.05) is 19.7 Å². The summed E-state index contributed by atoms with van der Waals surface area (Å²) >= 11 is 0. The van der Waals surface area contributed by atoms with E-state index in [1.165, 1.54) is 22.0 Å². The molecule has 1 heterocycles. The molecule has 0 aliphatic carbocycles. The summed E-state index contributed by atoms with van der Waals surface area (Å²) in [5.74, 6) is 1.17. The fourth-order valence-electron chi connectivity index (χ4n) is 3.09. The van der Waals surface area contributed by atoms with Gasteiger partial charge in [0.1, 0.15) is 11.8 Å². The lowest BCUT2D eigenvalue weighted by Crippen LogP contribution is -2.39. The molecule has 0 aromatic heterocycles. The summed E-state index contributed by atoms with van der Waals surface area (Å²) in [6, 6.07) is 16.3. The fourth-order valence-corrected chi connectivity index (χ4v) is 4.70. The second-order valence-electron chi connectivity index (χ2n) is 6.58. The first-order valence-corrected chi connectivity index (χ1v) is 10.1. The highest BCUT2D eigenvalue weighted by Crippen LogP contribution is 2.26. The standard InChI is InChI=1S/C20H22N2O3S/c1-16-6-8-19(9-7-16)25-15-17-10-12-22(13-11-17)26(23,24)20-5-3-2-4-18(20)14-21/h2-9,17H,10-13,15H2,1H3. The Balaban J connectivity index is 1.59. The second-order valence-corrected chi connectivity index (χ2v) is 8.49. The van der Waals surface area contributed by atoms with Crippen LogP contribution in [0.2, 0.25) is 0 Å². The zero-order valence-electron chi connectivity index (χ0n) is 14.8.